The summed E-state index contributed by atoms with van der Waals surface area (Å²) < 4.78 is 10.8. The zero-order valence-electron chi connectivity index (χ0n) is 12.0. The van der Waals surface area contributed by atoms with Gasteiger partial charge in [0.2, 0.25) is 5.91 Å². The second-order valence-corrected chi connectivity index (χ2v) is 5.08. The number of carbonyl (C=O) groups is 1. The molecule has 0 heterocycles. The first kappa shape index (κ1) is 14.8. The van der Waals surface area contributed by atoms with Crippen LogP contribution in [0.25, 0.3) is 0 Å². The van der Waals surface area contributed by atoms with Gasteiger partial charge < -0.3 is 20.1 Å². The van der Waals surface area contributed by atoms with Crippen LogP contribution in [-0.4, -0.2) is 39.3 Å². The van der Waals surface area contributed by atoms with Gasteiger partial charge in [0.05, 0.1) is 18.9 Å². The van der Waals surface area contributed by atoms with Crippen LogP contribution in [-0.2, 0) is 9.53 Å². The van der Waals surface area contributed by atoms with E-state index in [0.29, 0.717) is 17.4 Å². The lowest BCUT2D eigenvalue weighted by molar-refractivity contribution is -0.125. The number of carbonyl (C=O) groups excluding carboxylic acids is 1. The van der Waals surface area contributed by atoms with E-state index in [1.807, 2.05) is 31.3 Å². The molecule has 0 aromatic heterocycles. The zero-order valence-corrected chi connectivity index (χ0v) is 12.0. The third-order valence-electron chi connectivity index (χ3n) is 3.52. The molecule has 0 radical (unpaired) electrons. The number of hydrogen-bond acceptors (Lipinski definition) is 4. The molecule has 0 aliphatic heterocycles. The maximum Gasteiger partial charge on any atom is 0.250 e. The molecule has 1 aromatic carbocycles. The van der Waals surface area contributed by atoms with Gasteiger partial charge in [-0.3, -0.25) is 4.79 Å². The maximum absolute atomic E-state index is 11.8. The van der Waals surface area contributed by atoms with Crippen LogP contribution in [0.15, 0.2) is 24.3 Å². The van der Waals surface area contributed by atoms with Gasteiger partial charge in [-0.1, -0.05) is 12.1 Å². The highest BCUT2D eigenvalue weighted by Gasteiger charge is 2.29. The number of benzene rings is 1. The SMILES string of the molecule is CNCC1CC(OCC(=O)Nc2ccccc2OC)C1. The Kier molecular flexibility index (Phi) is 5.38. The summed E-state index contributed by atoms with van der Waals surface area (Å²) in [6.07, 6.45) is 2.28. The van der Waals surface area contributed by atoms with Crippen LogP contribution in [0, 0.1) is 5.92 Å². The smallest absolute Gasteiger partial charge is 0.250 e. The summed E-state index contributed by atoms with van der Waals surface area (Å²) in [5, 5.41) is 5.95. The van der Waals surface area contributed by atoms with E-state index < -0.39 is 0 Å². The molecule has 2 rings (SSSR count). The number of anilines is 1. The van der Waals surface area contributed by atoms with Crippen LogP contribution in [0.3, 0.4) is 0 Å². The molecule has 5 heteroatoms. The number of amides is 1. The molecule has 5 nitrogen and oxygen atoms in total. The summed E-state index contributed by atoms with van der Waals surface area (Å²) in [5.74, 6) is 1.19. The van der Waals surface area contributed by atoms with Gasteiger partial charge in [0.25, 0.3) is 0 Å². The average molecular weight is 278 g/mol. The minimum atomic E-state index is -0.147. The van der Waals surface area contributed by atoms with E-state index in [9.17, 15) is 4.79 Å². The van der Waals surface area contributed by atoms with E-state index in [2.05, 4.69) is 10.6 Å². The topological polar surface area (TPSA) is 59.6 Å². The van der Waals surface area contributed by atoms with Gasteiger partial charge in [-0.2, -0.15) is 0 Å². The number of para-hydroxylation sites is 2. The molecule has 2 N–H and O–H groups in total. The van der Waals surface area contributed by atoms with Crippen molar-refractivity contribution in [2.75, 3.05) is 32.6 Å². The number of rotatable bonds is 7. The molecule has 110 valence electrons. The molecule has 1 aliphatic carbocycles. The molecule has 1 fully saturated rings. The number of nitrogens with one attached hydrogen (secondary N) is 2. The summed E-state index contributed by atoms with van der Waals surface area (Å²) >= 11 is 0. The van der Waals surface area contributed by atoms with Crippen LogP contribution in [0.1, 0.15) is 12.8 Å². The minimum Gasteiger partial charge on any atom is -0.495 e. The average Bonchev–Trinajstić information content (AvgIpc) is 2.41. The van der Waals surface area contributed by atoms with Gasteiger partial charge in [-0.05, 0) is 44.5 Å². The van der Waals surface area contributed by atoms with Crippen LogP contribution in [0.4, 0.5) is 5.69 Å². The molecule has 0 saturated heterocycles. The van der Waals surface area contributed by atoms with Crippen LogP contribution >= 0.6 is 0 Å². The molecule has 1 aromatic rings. The quantitative estimate of drug-likeness (QED) is 0.796. The van der Waals surface area contributed by atoms with Gasteiger partial charge in [0, 0.05) is 0 Å². The van der Waals surface area contributed by atoms with Crippen molar-refractivity contribution in [3.8, 4) is 5.75 Å². The van der Waals surface area contributed by atoms with Crippen LogP contribution in [0.5, 0.6) is 5.75 Å². The number of ether oxygens (including phenoxy) is 2. The lowest BCUT2D eigenvalue weighted by Crippen LogP contribution is -2.38. The first-order chi connectivity index (χ1) is 9.72. The first-order valence-corrected chi connectivity index (χ1v) is 6.92. The predicted molar refractivity (Wildman–Crippen MR) is 78.0 cm³/mol. The van der Waals surface area contributed by atoms with Crippen molar-refractivity contribution < 1.29 is 14.3 Å². The summed E-state index contributed by atoms with van der Waals surface area (Å²) in [5.41, 5.74) is 0.672. The van der Waals surface area contributed by atoms with E-state index in [4.69, 9.17) is 9.47 Å². The minimum absolute atomic E-state index is 0.0923. The molecule has 0 atom stereocenters. The van der Waals surface area contributed by atoms with Gasteiger partial charge in [-0.25, -0.2) is 0 Å². The zero-order chi connectivity index (χ0) is 14.4. The maximum atomic E-state index is 11.8. The Morgan fingerprint density at radius 2 is 2.10 bits per heavy atom. The summed E-state index contributed by atoms with van der Waals surface area (Å²) in [6, 6.07) is 7.34. The molecule has 0 spiro atoms. The predicted octanol–water partition coefficient (Wildman–Crippen LogP) is 1.65. The van der Waals surface area contributed by atoms with Crippen molar-refractivity contribution in [1.29, 1.82) is 0 Å². The normalized spacial score (nSPS) is 21.1. The van der Waals surface area contributed by atoms with Gasteiger partial charge in [0.15, 0.2) is 0 Å². The standard InChI is InChI=1S/C15H22N2O3/c1-16-9-11-7-12(8-11)20-10-15(18)17-13-5-3-4-6-14(13)19-2/h3-6,11-12,16H,7-10H2,1-2H3,(H,17,18). The largest absolute Gasteiger partial charge is 0.495 e. The third-order valence-corrected chi connectivity index (χ3v) is 3.52. The Hall–Kier alpha value is -1.59. The van der Waals surface area contributed by atoms with Crippen molar-refractivity contribution in [1.82, 2.24) is 5.32 Å². The molecule has 1 amide bonds. The van der Waals surface area contributed by atoms with E-state index in [1.54, 1.807) is 7.11 Å². The van der Waals surface area contributed by atoms with Crippen LogP contribution in [0.2, 0.25) is 0 Å². The second-order valence-electron chi connectivity index (χ2n) is 5.08. The second kappa shape index (κ2) is 7.26. The van der Waals surface area contributed by atoms with Gasteiger partial charge in [0.1, 0.15) is 12.4 Å². The lowest BCUT2D eigenvalue weighted by Gasteiger charge is -2.34. The Labute approximate surface area is 119 Å². The van der Waals surface area contributed by atoms with E-state index in [0.717, 1.165) is 19.4 Å². The fourth-order valence-electron chi connectivity index (χ4n) is 2.39. The number of methoxy groups -OCH3 is 1. The molecule has 0 unspecified atom stereocenters. The van der Waals surface area contributed by atoms with Crippen LogP contribution < -0.4 is 15.4 Å². The summed E-state index contributed by atoms with van der Waals surface area (Å²) in [4.78, 5) is 11.8. The Bertz CT molecular complexity index is 444. The molecular weight excluding hydrogens is 256 g/mol. The Morgan fingerprint density at radius 1 is 1.35 bits per heavy atom. The highest BCUT2D eigenvalue weighted by molar-refractivity contribution is 5.93. The monoisotopic (exact) mass is 278 g/mol. The summed E-state index contributed by atoms with van der Waals surface area (Å²) in [6.45, 7) is 1.11. The highest BCUT2D eigenvalue weighted by atomic mass is 16.5. The Morgan fingerprint density at radius 3 is 2.80 bits per heavy atom. The highest BCUT2D eigenvalue weighted by Crippen LogP contribution is 2.29. The summed E-state index contributed by atoms with van der Waals surface area (Å²) in [7, 11) is 3.53. The van der Waals surface area contributed by atoms with E-state index in [-0.39, 0.29) is 18.6 Å². The molecule has 1 saturated carbocycles. The first-order valence-electron chi connectivity index (χ1n) is 6.92. The third kappa shape index (κ3) is 3.95. The lowest BCUT2D eigenvalue weighted by atomic mass is 9.82. The van der Waals surface area contributed by atoms with E-state index in [1.165, 1.54) is 0 Å². The molecule has 20 heavy (non-hydrogen) atoms. The molecule has 1 aliphatic rings. The van der Waals surface area contributed by atoms with Crippen molar-refractivity contribution >= 4 is 11.6 Å². The molecular formula is C15H22N2O3. The van der Waals surface area contributed by atoms with Gasteiger partial charge >= 0.3 is 0 Å². The van der Waals surface area contributed by atoms with Crippen molar-refractivity contribution in [3.63, 3.8) is 0 Å². The fraction of sp³-hybridized carbons (Fsp3) is 0.533. The van der Waals surface area contributed by atoms with Crippen molar-refractivity contribution in [3.05, 3.63) is 24.3 Å². The molecule has 0 bridgehead atoms. The van der Waals surface area contributed by atoms with Crippen molar-refractivity contribution in [2.24, 2.45) is 5.92 Å². The number of hydrogen-bond donors (Lipinski definition) is 2. The fourth-order valence-corrected chi connectivity index (χ4v) is 2.39. The Balaban J connectivity index is 1.71. The van der Waals surface area contributed by atoms with Crippen molar-refractivity contribution in [2.45, 2.75) is 18.9 Å². The van der Waals surface area contributed by atoms with Gasteiger partial charge in [-0.15, -0.1) is 0 Å². The van der Waals surface area contributed by atoms with E-state index >= 15 is 0 Å².